The fourth-order valence-electron chi connectivity index (χ4n) is 1.29. The van der Waals surface area contributed by atoms with E-state index in [-0.39, 0.29) is 0 Å². The lowest BCUT2D eigenvalue weighted by Crippen LogP contribution is -2.13. The second-order valence-electron chi connectivity index (χ2n) is 3.60. The first-order valence-corrected chi connectivity index (χ1v) is 4.88. The topological polar surface area (TPSA) is 0 Å². The quantitative estimate of drug-likeness (QED) is 0.663. The molecule has 0 fully saturated rings. The lowest BCUT2D eigenvalue weighted by atomic mass is 9.94. The molecule has 1 unspecified atom stereocenters. The van der Waals surface area contributed by atoms with Crippen LogP contribution >= 0.6 is 0 Å². The minimum Gasteiger partial charge on any atom is -0.239 e. The minimum absolute atomic E-state index is 0.526. The highest BCUT2D eigenvalue weighted by molar-refractivity contribution is 5.26. The zero-order chi connectivity index (χ0) is 9.90. The maximum absolute atomic E-state index is 13.8. The minimum atomic E-state index is -1.17. The van der Waals surface area contributed by atoms with Gasteiger partial charge in [0.15, 0.2) is 0 Å². The first-order chi connectivity index (χ1) is 6.10. The Hall–Kier alpha value is -0.850. The average molecular weight is 180 g/mol. The molecule has 0 saturated carbocycles. The summed E-state index contributed by atoms with van der Waals surface area (Å²) in [6.07, 6.45) is 1.54. The summed E-state index contributed by atoms with van der Waals surface area (Å²) in [5, 5.41) is 0. The first kappa shape index (κ1) is 10.2. The molecular weight excluding hydrogens is 163 g/mol. The monoisotopic (exact) mass is 180 g/mol. The van der Waals surface area contributed by atoms with Gasteiger partial charge in [-0.15, -0.1) is 0 Å². The maximum Gasteiger partial charge on any atom is 0.133 e. The van der Waals surface area contributed by atoms with Crippen LogP contribution in [0.5, 0.6) is 0 Å². The van der Waals surface area contributed by atoms with E-state index in [1.165, 1.54) is 5.56 Å². The van der Waals surface area contributed by atoms with Crippen LogP contribution in [-0.4, -0.2) is 0 Å². The van der Waals surface area contributed by atoms with Crippen molar-refractivity contribution >= 4 is 0 Å². The number of rotatable bonds is 3. The number of aryl methyl sites for hydroxylation is 1. The van der Waals surface area contributed by atoms with Gasteiger partial charge in [-0.25, -0.2) is 4.39 Å². The Balaban J connectivity index is 2.92. The Labute approximate surface area is 79.8 Å². The molecule has 0 amide bonds. The summed E-state index contributed by atoms with van der Waals surface area (Å²) in [7, 11) is 0. The fraction of sp³-hybridized carbons (Fsp3) is 0.500. The molecule has 0 spiro atoms. The molecule has 0 N–H and O–H groups in total. The molecular formula is C12H17F. The van der Waals surface area contributed by atoms with Gasteiger partial charge in [0.2, 0.25) is 0 Å². The third-order valence-electron chi connectivity index (χ3n) is 2.63. The molecule has 0 aliphatic heterocycles. The molecule has 1 rings (SSSR count). The van der Waals surface area contributed by atoms with Crippen LogP contribution in [0.2, 0.25) is 0 Å². The molecule has 0 heterocycles. The van der Waals surface area contributed by atoms with Gasteiger partial charge in [0.25, 0.3) is 0 Å². The van der Waals surface area contributed by atoms with Gasteiger partial charge in [0.1, 0.15) is 5.67 Å². The van der Waals surface area contributed by atoms with Crippen LogP contribution in [0, 0.1) is 0 Å². The van der Waals surface area contributed by atoms with E-state index in [2.05, 4.69) is 6.92 Å². The van der Waals surface area contributed by atoms with Crippen molar-refractivity contribution in [2.75, 3.05) is 0 Å². The molecule has 1 aromatic carbocycles. The van der Waals surface area contributed by atoms with Crippen LogP contribution in [0.25, 0.3) is 0 Å². The fourth-order valence-corrected chi connectivity index (χ4v) is 1.29. The van der Waals surface area contributed by atoms with E-state index >= 15 is 0 Å². The van der Waals surface area contributed by atoms with Gasteiger partial charge in [-0.1, -0.05) is 38.1 Å². The zero-order valence-electron chi connectivity index (χ0n) is 8.60. The Morgan fingerprint density at radius 1 is 1.15 bits per heavy atom. The average Bonchev–Trinajstić information content (AvgIpc) is 2.18. The lowest BCUT2D eigenvalue weighted by molar-refractivity contribution is 0.185. The molecule has 0 nitrogen and oxygen atoms in total. The van der Waals surface area contributed by atoms with Crippen molar-refractivity contribution in [1.82, 2.24) is 0 Å². The predicted octanol–water partition coefficient (Wildman–Crippen LogP) is 3.84. The van der Waals surface area contributed by atoms with E-state index < -0.39 is 5.67 Å². The Bertz CT molecular complexity index is 259. The largest absolute Gasteiger partial charge is 0.239 e. The van der Waals surface area contributed by atoms with Gasteiger partial charge < -0.3 is 0 Å². The van der Waals surface area contributed by atoms with Crippen LogP contribution in [0.15, 0.2) is 24.3 Å². The molecule has 1 aromatic rings. The molecule has 0 aliphatic rings. The van der Waals surface area contributed by atoms with Crippen molar-refractivity contribution in [2.24, 2.45) is 0 Å². The van der Waals surface area contributed by atoms with Crippen LogP contribution in [0.4, 0.5) is 4.39 Å². The van der Waals surface area contributed by atoms with Gasteiger partial charge in [-0.3, -0.25) is 0 Å². The summed E-state index contributed by atoms with van der Waals surface area (Å²) >= 11 is 0. The summed E-state index contributed by atoms with van der Waals surface area (Å²) in [5.41, 5.74) is 0.870. The SMILES string of the molecule is CCc1ccc(C(C)(F)CC)cc1. The Morgan fingerprint density at radius 3 is 2.08 bits per heavy atom. The van der Waals surface area contributed by atoms with Crippen molar-refractivity contribution in [1.29, 1.82) is 0 Å². The van der Waals surface area contributed by atoms with Gasteiger partial charge in [0, 0.05) is 0 Å². The third-order valence-corrected chi connectivity index (χ3v) is 2.63. The number of benzene rings is 1. The van der Waals surface area contributed by atoms with Crippen molar-refractivity contribution in [3.8, 4) is 0 Å². The molecule has 0 saturated heterocycles. The highest BCUT2D eigenvalue weighted by Gasteiger charge is 2.22. The van der Waals surface area contributed by atoms with Crippen molar-refractivity contribution in [3.05, 3.63) is 35.4 Å². The van der Waals surface area contributed by atoms with E-state index in [1.807, 2.05) is 31.2 Å². The van der Waals surface area contributed by atoms with E-state index in [4.69, 9.17) is 0 Å². The lowest BCUT2D eigenvalue weighted by Gasteiger charge is -2.18. The molecule has 72 valence electrons. The predicted molar refractivity (Wildman–Crippen MR) is 54.6 cm³/mol. The van der Waals surface area contributed by atoms with E-state index in [0.29, 0.717) is 6.42 Å². The van der Waals surface area contributed by atoms with Gasteiger partial charge in [-0.05, 0) is 30.9 Å². The molecule has 1 heteroatoms. The van der Waals surface area contributed by atoms with Gasteiger partial charge >= 0.3 is 0 Å². The molecule has 0 aliphatic carbocycles. The summed E-state index contributed by atoms with van der Waals surface area (Å²) in [5.74, 6) is 0. The second-order valence-corrected chi connectivity index (χ2v) is 3.60. The smallest absolute Gasteiger partial charge is 0.133 e. The first-order valence-electron chi connectivity index (χ1n) is 4.88. The maximum atomic E-state index is 13.8. The van der Waals surface area contributed by atoms with Gasteiger partial charge in [0.05, 0.1) is 0 Å². The molecule has 0 bridgehead atoms. The summed E-state index contributed by atoms with van der Waals surface area (Å²) in [6, 6.07) is 7.79. The third kappa shape index (κ3) is 2.30. The van der Waals surface area contributed by atoms with Crippen LogP contribution < -0.4 is 0 Å². The molecule has 1 atom stereocenters. The van der Waals surface area contributed by atoms with E-state index in [1.54, 1.807) is 6.92 Å². The summed E-state index contributed by atoms with van der Waals surface area (Å²) < 4.78 is 13.8. The number of halogens is 1. The van der Waals surface area contributed by atoms with Crippen LogP contribution in [0.3, 0.4) is 0 Å². The highest BCUT2D eigenvalue weighted by Crippen LogP contribution is 2.28. The van der Waals surface area contributed by atoms with Crippen LogP contribution in [0.1, 0.15) is 38.3 Å². The molecule has 0 aromatic heterocycles. The Morgan fingerprint density at radius 2 is 1.69 bits per heavy atom. The van der Waals surface area contributed by atoms with Crippen LogP contribution in [-0.2, 0) is 12.1 Å². The zero-order valence-corrected chi connectivity index (χ0v) is 8.60. The van der Waals surface area contributed by atoms with Gasteiger partial charge in [-0.2, -0.15) is 0 Å². The van der Waals surface area contributed by atoms with E-state index in [0.717, 1.165) is 12.0 Å². The number of alkyl halides is 1. The second kappa shape index (κ2) is 3.91. The highest BCUT2D eigenvalue weighted by atomic mass is 19.1. The van der Waals surface area contributed by atoms with E-state index in [9.17, 15) is 4.39 Å². The summed E-state index contributed by atoms with van der Waals surface area (Å²) in [4.78, 5) is 0. The van der Waals surface area contributed by atoms with Crippen molar-refractivity contribution < 1.29 is 4.39 Å². The van der Waals surface area contributed by atoms with Crippen molar-refractivity contribution in [3.63, 3.8) is 0 Å². The number of hydrogen-bond acceptors (Lipinski definition) is 0. The molecule has 13 heavy (non-hydrogen) atoms. The van der Waals surface area contributed by atoms with Crippen molar-refractivity contribution in [2.45, 2.75) is 39.3 Å². The number of hydrogen-bond donors (Lipinski definition) is 0. The molecule has 0 radical (unpaired) electrons. The summed E-state index contributed by atoms with van der Waals surface area (Å²) in [6.45, 7) is 5.60. The standard InChI is InChI=1S/C12H17F/c1-4-10-6-8-11(9-7-10)12(3,13)5-2/h6-9H,4-5H2,1-3H3. The normalized spacial score (nSPS) is 15.4. The Kier molecular flexibility index (Phi) is 3.07.